The van der Waals surface area contributed by atoms with E-state index in [1.54, 1.807) is 6.07 Å². The van der Waals surface area contributed by atoms with Crippen LogP contribution >= 0.6 is 11.6 Å². The van der Waals surface area contributed by atoms with Gasteiger partial charge in [-0.05, 0) is 51.4 Å². The van der Waals surface area contributed by atoms with Crippen molar-refractivity contribution in [2.75, 3.05) is 18.4 Å². The van der Waals surface area contributed by atoms with Crippen LogP contribution in [0.3, 0.4) is 0 Å². The summed E-state index contributed by atoms with van der Waals surface area (Å²) in [4.78, 5) is 14.4. The van der Waals surface area contributed by atoms with Crippen molar-refractivity contribution in [3.8, 4) is 0 Å². The van der Waals surface area contributed by atoms with Crippen LogP contribution in [0.2, 0.25) is 5.02 Å². The molecular formula is C14H19ClN2O. The minimum absolute atomic E-state index is 0.0214. The molecule has 1 heterocycles. The van der Waals surface area contributed by atoms with Crippen LogP contribution in [0.15, 0.2) is 18.2 Å². The van der Waals surface area contributed by atoms with Crippen LogP contribution in [0, 0.1) is 6.92 Å². The maximum Gasteiger partial charge on any atom is 0.241 e. The molecule has 1 aromatic carbocycles. The van der Waals surface area contributed by atoms with Crippen molar-refractivity contribution in [2.45, 2.75) is 32.7 Å². The number of aryl methyl sites for hydroxylation is 1. The van der Waals surface area contributed by atoms with E-state index in [0.29, 0.717) is 5.02 Å². The van der Waals surface area contributed by atoms with E-state index in [9.17, 15) is 4.79 Å². The Bertz CT molecular complexity index is 421. The number of halogens is 1. The largest absolute Gasteiger partial charge is 0.323 e. The smallest absolute Gasteiger partial charge is 0.241 e. The van der Waals surface area contributed by atoms with Gasteiger partial charge in [0.25, 0.3) is 0 Å². The molecule has 4 heteroatoms. The molecule has 3 nitrogen and oxygen atoms in total. The van der Waals surface area contributed by atoms with E-state index in [1.165, 1.54) is 12.8 Å². The molecule has 0 aliphatic carbocycles. The van der Waals surface area contributed by atoms with Crippen molar-refractivity contribution < 1.29 is 4.79 Å². The Balaban J connectivity index is 2.06. The summed E-state index contributed by atoms with van der Waals surface area (Å²) < 4.78 is 0. The minimum Gasteiger partial charge on any atom is -0.323 e. The predicted molar refractivity (Wildman–Crippen MR) is 75.1 cm³/mol. The van der Waals surface area contributed by atoms with Crippen LogP contribution in [-0.4, -0.2) is 29.9 Å². The fourth-order valence-electron chi connectivity index (χ4n) is 2.31. The summed E-state index contributed by atoms with van der Waals surface area (Å²) in [5, 5.41) is 3.54. The summed E-state index contributed by atoms with van der Waals surface area (Å²) in [7, 11) is 0. The topological polar surface area (TPSA) is 32.3 Å². The molecule has 0 saturated carbocycles. The summed E-state index contributed by atoms with van der Waals surface area (Å²) in [6.45, 7) is 5.92. The number of carbonyl (C=O) groups excluding carboxylic acids is 1. The highest BCUT2D eigenvalue weighted by atomic mass is 35.5. The van der Waals surface area contributed by atoms with E-state index in [1.807, 2.05) is 26.0 Å². The van der Waals surface area contributed by atoms with E-state index in [2.05, 4.69) is 10.2 Å². The fourth-order valence-corrected chi connectivity index (χ4v) is 2.58. The maximum absolute atomic E-state index is 12.2. The number of nitrogens with one attached hydrogen (secondary N) is 1. The van der Waals surface area contributed by atoms with Crippen molar-refractivity contribution in [1.29, 1.82) is 0 Å². The molecule has 1 atom stereocenters. The Morgan fingerprint density at radius 3 is 2.67 bits per heavy atom. The summed E-state index contributed by atoms with van der Waals surface area (Å²) in [5.74, 6) is 0.0214. The molecule has 1 aromatic rings. The number of para-hydroxylation sites is 1. The molecule has 1 aliphatic heterocycles. The van der Waals surface area contributed by atoms with Crippen LogP contribution in [0.4, 0.5) is 5.69 Å². The first-order valence-corrected chi connectivity index (χ1v) is 6.77. The molecule has 0 aromatic heterocycles. The highest BCUT2D eigenvalue weighted by Crippen LogP contribution is 2.25. The lowest BCUT2D eigenvalue weighted by Crippen LogP contribution is -2.40. The third kappa shape index (κ3) is 2.85. The van der Waals surface area contributed by atoms with Gasteiger partial charge in [0.1, 0.15) is 0 Å². The van der Waals surface area contributed by atoms with E-state index in [0.717, 1.165) is 24.3 Å². The van der Waals surface area contributed by atoms with Crippen molar-refractivity contribution >= 4 is 23.2 Å². The zero-order valence-corrected chi connectivity index (χ0v) is 11.6. The van der Waals surface area contributed by atoms with Gasteiger partial charge in [-0.2, -0.15) is 0 Å². The SMILES string of the molecule is Cc1cccc(Cl)c1NC(=O)C(C)N1CCCC1. The molecule has 1 fully saturated rings. The number of anilines is 1. The van der Waals surface area contributed by atoms with Crippen LogP contribution in [-0.2, 0) is 4.79 Å². The fraction of sp³-hybridized carbons (Fsp3) is 0.500. The Morgan fingerprint density at radius 1 is 1.39 bits per heavy atom. The quantitative estimate of drug-likeness (QED) is 0.912. The molecule has 1 saturated heterocycles. The minimum atomic E-state index is -0.0943. The molecule has 1 unspecified atom stereocenters. The molecule has 1 aliphatic rings. The van der Waals surface area contributed by atoms with Gasteiger partial charge < -0.3 is 5.32 Å². The van der Waals surface area contributed by atoms with Gasteiger partial charge in [0, 0.05) is 0 Å². The molecule has 0 radical (unpaired) electrons. The van der Waals surface area contributed by atoms with Gasteiger partial charge in [0.2, 0.25) is 5.91 Å². The van der Waals surface area contributed by atoms with E-state index in [4.69, 9.17) is 11.6 Å². The van der Waals surface area contributed by atoms with Crippen molar-refractivity contribution in [2.24, 2.45) is 0 Å². The van der Waals surface area contributed by atoms with Crippen molar-refractivity contribution in [1.82, 2.24) is 4.90 Å². The second kappa shape index (κ2) is 5.72. The van der Waals surface area contributed by atoms with E-state index in [-0.39, 0.29) is 11.9 Å². The molecule has 1 amide bonds. The summed E-state index contributed by atoms with van der Waals surface area (Å²) >= 11 is 6.11. The molecular weight excluding hydrogens is 248 g/mol. The van der Waals surface area contributed by atoms with Crippen LogP contribution in [0.5, 0.6) is 0 Å². The van der Waals surface area contributed by atoms with Gasteiger partial charge in [-0.3, -0.25) is 9.69 Å². The van der Waals surface area contributed by atoms with Crippen LogP contribution in [0.25, 0.3) is 0 Å². The average Bonchev–Trinajstić information content (AvgIpc) is 2.86. The highest BCUT2D eigenvalue weighted by molar-refractivity contribution is 6.34. The van der Waals surface area contributed by atoms with E-state index >= 15 is 0 Å². The normalized spacial score (nSPS) is 17.7. The molecule has 1 N–H and O–H groups in total. The Morgan fingerprint density at radius 2 is 2.06 bits per heavy atom. The van der Waals surface area contributed by atoms with Gasteiger partial charge >= 0.3 is 0 Å². The lowest BCUT2D eigenvalue weighted by molar-refractivity contribution is -0.120. The van der Waals surface area contributed by atoms with Gasteiger partial charge in [0.05, 0.1) is 16.8 Å². The number of rotatable bonds is 3. The highest BCUT2D eigenvalue weighted by Gasteiger charge is 2.24. The summed E-state index contributed by atoms with van der Waals surface area (Å²) in [6, 6.07) is 5.53. The number of amides is 1. The number of benzene rings is 1. The molecule has 98 valence electrons. The number of carbonyl (C=O) groups is 1. The zero-order valence-electron chi connectivity index (χ0n) is 10.9. The Labute approximate surface area is 113 Å². The number of nitrogens with zero attached hydrogens (tertiary/aromatic N) is 1. The first kappa shape index (κ1) is 13.4. The summed E-state index contributed by atoms with van der Waals surface area (Å²) in [5.41, 5.74) is 1.72. The Kier molecular flexibility index (Phi) is 4.25. The van der Waals surface area contributed by atoms with Crippen LogP contribution < -0.4 is 5.32 Å². The first-order chi connectivity index (χ1) is 8.59. The van der Waals surface area contributed by atoms with Crippen molar-refractivity contribution in [3.05, 3.63) is 28.8 Å². The first-order valence-electron chi connectivity index (χ1n) is 6.39. The van der Waals surface area contributed by atoms with Crippen molar-refractivity contribution in [3.63, 3.8) is 0 Å². The van der Waals surface area contributed by atoms with Gasteiger partial charge in [-0.25, -0.2) is 0 Å². The predicted octanol–water partition coefficient (Wildman–Crippen LogP) is 3.07. The molecule has 2 rings (SSSR count). The van der Waals surface area contributed by atoms with Gasteiger partial charge in [0.15, 0.2) is 0 Å². The van der Waals surface area contributed by atoms with Gasteiger partial charge in [-0.15, -0.1) is 0 Å². The third-order valence-electron chi connectivity index (χ3n) is 3.54. The van der Waals surface area contributed by atoms with Crippen LogP contribution in [0.1, 0.15) is 25.3 Å². The monoisotopic (exact) mass is 266 g/mol. The average molecular weight is 267 g/mol. The maximum atomic E-state index is 12.2. The van der Waals surface area contributed by atoms with Gasteiger partial charge in [-0.1, -0.05) is 23.7 Å². The second-order valence-electron chi connectivity index (χ2n) is 4.84. The molecule has 0 spiro atoms. The standard InChI is InChI=1S/C14H19ClN2O/c1-10-6-5-7-12(15)13(10)16-14(18)11(2)17-8-3-4-9-17/h5-7,11H,3-4,8-9H2,1-2H3,(H,16,18). The molecule has 0 bridgehead atoms. The second-order valence-corrected chi connectivity index (χ2v) is 5.25. The number of hydrogen-bond acceptors (Lipinski definition) is 2. The lowest BCUT2D eigenvalue weighted by atomic mass is 10.2. The lowest BCUT2D eigenvalue weighted by Gasteiger charge is -2.23. The number of likely N-dealkylation sites (tertiary alicyclic amines) is 1. The Hall–Kier alpha value is -1.06. The van der Waals surface area contributed by atoms with E-state index < -0.39 is 0 Å². The molecule has 18 heavy (non-hydrogen) atoms. The third-order valence-corrected chi connectivity index (χ3v) is 3.85. The zero-order chi connectivity index (χ0) is 13.1. The number of hydrogen-bond donors (Lipinski definition) is 1. The summed E-state index contributed by atoms with van der Waals surface area (Å²) in [6.07, 6.45) is 2.37.